The molecule has 1 amide bonds. The number of aryl methyl sites for hydroxylation is 1. The predicted octanol–water partition coefficient (Wildman–Crippen LogP) is 3.42. The normalized spacial score (nSPS) is 11.0. The van der Waals surface area contributed by atoms with E-state index in [4.69, 9.17) is 0 Å². The summed E-state index contributed by atoms with van der Waals surface area (Å²) in [6.45, 7) is 1.53. The standard InChI is InChI=1S/C21H21N5O5S/c1-14-4-10-18(12-19(14)26(28)29)32(30,31)24-16-7-5-15(6-8-16)21(27)23-17-9-11-20(22-13-17)25(2)3/h4-13,24H,1-3H3,(H,23,27). The molecule has 10 nitrogen and oxygen atoms in total. The van der Waals surface area contributed by atoms with Crippen molar-refractivity contribution in [2.75, 3.05) is 29.0 Å². The second-order valence-electron chi connectivity index (χ2n) is 7.14. The van der Waals surface area contributed by atoms with Crippen LogP contribution in [0.3, 0.4) is 0 Å². The summed E-state index contributed by atoms with van der Waals surface area (Å²) in [6, 6.07) is 13.0. The van der Waals surface area contributed by atoms with Crippen molar-refractivity contribution in [3.8, 4) is 0 Å². The summed E-state index contributed by atoms with van der Waals surface area (Å²) >= 11 is 0. The largest absolute Gasteiger partial charge is 0.363 e. The van der Waals surface area contributed by atoms with Gasteiger partial charge in [-0.25, -0.2) is 13.4 Å². The summed E-state index contributed by atoms with van der Waals surface area (Å²) in [5.41, 5.74) is 1.12. The molecule has 32 heavy (non-hydrogen) atoms. The van der Waals surface area contributed by atoms with E-state index in [1.807, 2.05) is 19.0 Å². The number of carbonyl (C=O) groups is 1. The molecule has 0 bridgehead atoms. The number of benzene rings is 2. The second kappa shape index (κ2) is 9.02. The van der Waals surface area contributed by atoms with Crippen LogP contribution in [0.15, 0.2) is 65.7 Å². The third kappa shape index (κ3) is 5.19. The molecule has 0 saturated heterocycles. The van der Waals surface area contributed by atoms with Gasteiger partial charge in [0.1, 0.15) is 5.82 Å². The van der Waals surface area contributed by atoms with Crippen molar-refractivity contribution in [3.05, 3.63) is 82.0 Å². The molecular weight excluding hydrogens is 434 g/mol. The van der Waals surface area contributed by atoms with Gasteiger partial charge in [0.05, 0.1) is 21.7 Å². The first kappa shape index (κ1) is 22.7. The highest BCUT2D eigenvalue weighted by Gasteiger charge is 2.20. The molecule has 3 rings (SSSR count). The number of amides is 1. The maximum atomic E-state index is 12.6. The average Bonchev–Trinajstić information content (AvgIpc) is 2.74. The van der Waals surface area contributed by atoms with Crippen molar-refractivity contribution in [2.45, 2.75) is 11.8 Å². The van der Waals surface area contributed by atoms with Crippen LogP contribution in [0.5, 0.6) is 0 Å². The molecule has 0 aliphatic rings. The highest BCUT2D eigenvalue weighted by Crippen LogP contribution is 2.24. The maximum Gasteiger partial charge on any atom is 0.273 e. The number of nitro groups is 1. The lowest BCUT2D eigenvalue weighted by Gasteiger charge is -2.12. The fourth-order valence-electron chi connectivity index (χ4n) is 2.78. The number of rotatable bonds is 7. The van der Waals surface area contributed by atoms with Crippen LogP contribution < -0.4 is 14.9 Å². The molecular formula is C21H21N5O5S. The minimum Gasteiger partial charge on any atom is -0.363 e. The topological polar surface area (TPSA) is 135 Å². The van der Waals surface area contributed by atoms with Gasteiger partial charge < -0.3 is 10.2 Å². The van der Waals surface area contributed by atoms with Crippen LogP contribution in [0.2, 0.25) is 0 Å². The van der Waals surface area contributed by atoms with Gasteiger partial charge in [-0.05, 0) is 49.4 Å². The van der Waals surface area contributed by atoms with Gasteiger partial charge >= 0.3 is 0 Å². The van der Waals surface area contributed by atoms with Gasteiger partial charge in [-0.1, -0.05) is 6.07 Å². The monoisotopic (exact) mass is 455 g/mol. The molecule has 2 aromatic carbocycles. The van der Waals surface area contributed by atoms with E-state index in [-0.39, 0.29) is 22.2 Å². The Labute approximate surface area is 185 Å². The third-order valence-electron chi connectivity index (χ3n) is 4.55. The van der Waals surface area contributed by atoms with E-state index in [1.54, 1.807) is 12.1 Å². The minimum atomic E-state index is -4.05. The summed E-state index contributed by atoms with van der Waals surface area (Å²) < 4.78 is 27.6. The molecule has 0 radical (unpaired) electrons. The van der Waals surface area contributed by atoms with Gasteiger partial charge in [0.15, 0.2) is 0 Å². The number of nitro benzene ring substituents is 1. The number of nitrogens with one attached hydrogen (secondary N) is 2. The fourth-order valence-corrected chi connectivity index (χ4v) is 3.86. The van der Waals surface area contributed by atoms with Crippen LogP contribution in [-0.4, -0.2) is 38.3 Å². The van der Waals surface area contributed by atoms with Gasteiger partial charge in [-0.3, -0.25) is 19.6 Å². The van der Waals surface area contributed by atoms with E-state index in [1.165, 1.54) is 49.5 Å². The van der Waals surface area contributed by atoms with Gasteiger partial charge in [-0.15, -0.1) is 0 Å². The van der Waals surface area contributed by atoms with E-state index in [0.717, 1.165) is 11.9 Å². The molecule has 1 aromatic heterocycles. The first-order valence-electron chi connectivity index (χ1n) is 9.39. The predicted molar refractivity (Wildman–Crippen MR) is 122 cm³/mol. The molecule has 0 aliphatic heterocycles. The van der Waals surface area contributed by atoms with Crippen molar-refractivity contribution in [1.82, 2.24) is 4.98 Å². The Balaban J connectivity index is 1.72. The summed E-state index contributed by atoms with van der Waals surface area (Å²) in [7, 11) is -0.331. The van der Waals surface area contributed by atoms with E-state index in [0.29, 0.717) is 16.8 Å². The van der Waals surface area contributed by atoms with Gasteiger partial charge in [0.25, 0.3) is 21.6 Å². The van der Waals surface area contributed by atoms with Crippen LogP contribution in [0.1, 0.15) is 15.9 Å². The summed E-state index contributed by atoms with van der Waals surface area (Å²) in [4.78, 5) is 28.7. The number of nitrogens with zero attached hydrogens (tertiary/aromatic N) is 3. The fraction of sp³-hybridized carbons (Fsp3) is 0.143. The van der Waals surface area contributed by atoms with Crippen molar-refractivity contribution in [3.63, 3.8) is 0 Å². The number of anilines is 3. The molecule has 11 heteroatoms. The lowest BCUT2D eigenvalue weighted by atomic mass is 10.2. The lowest BCUT2D eigenvalue weighted by molar-refractivity contribution is -0.385. The average molecular weight is 455 g/mol. The third-order valence-corrected chi connectivity index (χ3v) is 5.93. The molecule has 0 saturated carbocycles. The van der Waals surface area contributed by atoms with E-state index in [2.05, 4.69) is 15.0 Å². The van der Waals surface area contributed by atoms with Crippen LogP contribution in [0.4, 0.5) is 22.9 Å². The van der Waals surface area contributed by atoms with Gasteiger partial charge in [0.2, 0.25) is 0 Å². The Morgan fingerprint density at radius 1 is 1.03 bits per heavy atom. The number of hydrogen-bond donors (Lipinski definition) is 2. The molecule has 0 fully saturated rings. The maximum absolute atomic E-state index is 12.6. The van der Waals surface area contributed by atoms with Crippen molar-refractivity contribution in [2.24, 2.45) is 0 Å². The summed E-state index contributed by atoms with van der Waals surface area (Å²) in [5, 5.41) is 13.8. The zero-order valence-electron chi connectivity index (χ0n) is 17.6. The lowest BCUT2D eigenvalue weighted by Crippen LogP contribution is -2.15. The van der Waals surface area contributed by atoms with Crippen molar-refractivity contribution >= 4 is 38.8 Å². The molecule has 0 unspecified atom stereocenters. The van der Waals surface area contributed by atoms with Crippen LogP contribution in [0.25, 0.3) is 0 Å². The van der Waals surface area contributed by atoms with Gasteiger partial charge in [-0.2, -0.15) is 0 Å². The number of aromatic nitrogens is 1. The minimum absolute atomic E-state index is 0.210. The van der Waals surface area contributed by atoms with Gasteiger partial charge in [0, 0.05) is 37.0 Å². The zero-order valence-corrected chi connectivity index (χ0v) is 18.4. The first-order valence-corrected chi connectivity index (χ1v) is 10.9. The molecule has 0 aliphatic carbocycles. The van der Waals surface area contributed by atoms with Crippen molar-refractivity contribution < 1.29 is 18.1 Å². The smallest absolute Gasteiger partial charge is 0.273 e. The second-order valence-corrected chi connectivity index (χ2v) is 8.82. The molecule has 2 N–H and O–H groups in total. The van der Waals surface area contributed by atoms with E-state index >= 15 is 0 Å². The Hall–Kier alpha value is -3.99. The Morgan fingerprint density at radius 3 is 2.25 bits per heavy atom. The SMILES string of the molecule is Cc1ccc(S(=O)(=O)Nc2ccc(C(=O)Nc3ccc(N(C)C)nc3)cc2)cc1[N+](=O)[O-]. The summed E-state index contributed by atoms with van der Waals surface area (Å²) in [5.74, 6) is 0.367. The van der Waals surface area contributed by atoms with Crippen molar-refractivity contribution in [1.29, 1.82) is 0 Å². The molecule has 1 heterocycles. The van der Waals surface area contributed by atoms with Crippen LogP contribution in [-0.2, 0) is 10.0 Å². The quantitative estimate of drug-likeness (QED) is 0.412. The summed E-state index contributed by atoms with van der Waals surface area (Å²) in [6.07, 6.45) is 1.54. The number of hydrogen-bond acceptors (Lipinski definition) is 7. The zero-order chi connectivity index (χ0) is 23.5. The van der Waals surface area contributed by atoms with E-state index < -0.39 is 14.9 Å². The Morgan fingerprint density at radius 2 is 1.69 bits per heavy atom. The van der Waals surface area contributed by atoms with Crippen LogP contribution in [0, 0.1) is 17.0 Å². The molecule has 0 spiro atoms. The highest BCUT2D eigenvalue weighted by atomic mass is 32.2. The molecule has 166 valence electrons. The molecule has 3 aromatic rings. The molecule has 0 atom stereocenters. The van der Waals surface area contributed by atoms with Crippen LogP contribution >= 0.6 is 0 Å². The first-order chi connectivity index (χ1) is 15.1. The van der Waals surface area contributed by atoms with E-state index in [9.17, 15) is 23.3 Å². The number of sulfonamides is 1. The highest BCUT2D eigenvalue weighted by molar-refractivity contribution is 7.92. The number of carbonyl (C=O) groups excluding carboxylic acids is 1. The Bertz CT molecular complexity index is 1260. The number of pyridine rings is 1. The Kier molecular flexibility index (Phi) is 6.40.